The van der Waals surface area contributed by atoms with Crippen molar-refractivity contribution in [2.45, 2.75) is 0 Å². The van der Waals surface area contributed by atoms with E-state index in [4.69, 9.17) is 16.7 Å². The summed E-state index contributed by atoms with van der Waals surface area (Å²) < 4.78 is 0. The number of aliphatic carboxylic acids is 1. The van der Waals surface area contributed by atoms with Crippen LogP contribution in [0.25, 0.3) is 0 Å². The van der Waals surface area contributed by atoms with Gasteiger partial charge in [0.1, 0.15) is 12.2 Å². The van der Waals surface area contributed by atoms with Gasteiger partial charge in [0.15, 0.2) is 0 Å². The lowest BCUT2D eigenvalue weighted by atomic mass is 10.3. The van der Waals surface area contributed by atoms with E-state index in [-0.39, 0.29) is 12.2 Å². The van der Waals surface area contributed by atoms with E-state index in [1.54, 1.807) is 0 Å². The number of aromatic nitrogens is 1. The Hall–Kier alpha value is -1.62. The Balaban J connectivity index is 2.76. The van der Waals surface area contributed by atoms with Crippen molar-refractivity contribution in [1.82, 2.24) is 9.88 Å². The van der Waals surface area contributed by atoms with Crippen molar-refractivity contribution in [3.63, 3.8) is 0 Å². The number of likely N-dealkylation sites (N-methyl/N-ethyl adjacent to an activating group) is 1. The molecule has 0 aliphatic heterocycles. The van der Waals surface area contributed by atoms with E-state index in [1.165, 1.54) is 25.4 Å². The average Bonchev–Trinajstić information content (AvgIpc) is 2.17. The molecule has 6 heteroatoms. The fourth-order valence-electron chi connectivity index (χ4n) is 0.973. The Morgan fingerprint density at radius 3 is 2.67 bits per heavy atom. The van der Waals surface area contributed by atoms with Crippen LogP contribution in [-0.4, -0.2) is 40.5 Å². The van der Waals surface area contributed by atoms with Gasteiger partial charge in [-0.1, -0.05) is 11.6 Å². The van der Waals surface area contributed by atoms with Crippen LogP contribution < -0.4 is 0 Å². The number of hydrogen-bond acceptors (Lipinski definition) is 3. The molecule has 0 radical (unpaired) electrons. The lowest BCUT2D eigenvalue weighted by Gasteiger charge is -2.13. The Morgan fingerprint density at radius 1 is 1.53 bits per heavy atom. The second-order valence-corrected chi connectivity index (χ2v) is 3.35. The molecule has 0 unspecified atom stereocenters. The number of halogens is 1. The molecule has 1 amide bonds. The van der Waals surface area contributed by atoms with Gasteiger partial charge >= 0.3 is 5.97 Å². The molecule has 80 valence electrons. The molecule has 0 atom stereocenters. The van der Waals surface area contributed by atoms with E-state index in [0.29, 0.717) is 5.02 Å². The van der Waals surface area contributed by atoms with Gasteiger partial charge in [-0.3, -0.25) is 9.59 Å². The highest BCUT2D eigenvalue weighted by Crippen LogP contribution is 2.07. The van der Waals surface area contributed by atoms with E-state index in [1.807, 2.05) is 0 Å². The zero-order chi connectivity index (χ0) is 11.4. The van der Waals surface area contributed by atoms with Crippen LogP contribution in [0.2, 0.25) is 5.02 Å². The lowest BCUT2D eigenvalue weighted by Crippen LogP contribution is -2.32. The van der Waals surface area contributed by atoms with Gasteiger partial charge in [-0.25, -0.2) is 4.98 Å². The van der Waals surface area contributed by atoms with Crippen LogP contribution in [-0.2, 0) is 4.79 Å². The topological polar surface area (TPSA) is 70.5 Å². The van der Waals surface area contributed by atoms with Gasteiger partial charge < -0.3 is 10.0 Å². The maximum Gasteiger partial charge on any atom is 0.323 e. The first-order chi connectivity index (χ1) is 7.00. The second kappa shape index (κ2) is 4.75. The molecule has 15 heavy (non-hydrogen) atoms. The van der Waals surface area contributed by atoms with Gasteiger partial charge in [0.2, 0.25) is 0 Å². The summed E-state index contributed by atoms with van der Waals surface area (Å²) in [6.45, 7) is -0.358. The van der Waals surface area contributed by atoms with E-state index in [2.05, 4.69) is 4.98 Å². The molecule has 0 spiro atoms. The standard InChI is InChI=1S/C9H9ClN2O3/c1-12(5-8(13)14)9(15)7-3-2-6(10)4-11-7/h2-4H,5H2,1H3,(H,13,14). The fraction of sp³-hybridized carbons (Fsp3) is 0.222. The average molecular weight is 229 g/mol. The number of rotatable bonds is 3. The highest BCUT2D eigenvalue weighted by atomic mass is 35.5. The van der Waals surface area contributed by atoms with Crippen molar-refractivity contribution in [2.75, 3.05) is 13.6 Å². The molecule has 0 fully saturated rings. The molecule has 0 saturated heterocycles. The molecule has 5 nitrogen and oxygen atoms in total. The summed E-state index contributed by atoms with van der Waals surface area (Å²) in [5.41, 5.74) is 0.170. The number of carbonyl (C=O) groups is 2. The highest BCUT2D eigenvalue weighted by molar-refractivity contribution is 6.30. The summed E-state index contributed by atoms with van der Waals surface area (Å²) in [6, 6.07) is 2.97. The maximum absolute atomic E-state index is 11.5. The summed E-state index contributed by atoms with van der Waals surface area (Å²) in [4.78, 5) is 26.8. The van der Waals surface area contributed by atoms with E-state index >= 15 is 0 Å². The van der Waals surface area contributed by atoms with Crippen molar-refractivity contribution in [3.05, 3.63) is 29.0 Å². The quantitative estimate of drug-likeness (QED) is 0.834. The van der Waals surface area contributed by atoms with Crippen molar-refractivity contribution < 1.29 is 14.7 Å². The molecule has 1 aromatic heterocycles. The van der Waals surface area contributed by atoms with Crippen LogP contribution in [0, 0.1) is 0 Å². The number of amides is 1. The van der Waals surface area contributed by atoms with Crippen LogP contribution in [0.4, 0.5) is 0 Å². The predicted octanol–water partition coefficient (Wildman–Crippen LogP) is 0.892. The maximum atomic E-state index is 11.5. The normalized spacial score (nSPS) is 9.73. The number of hydrogen-bond donors (Lipinski definition) is 1. The van der Waals surface area contributed by atoms with Crippen LogP contribution >= 0.6 is 11.6 Å². The van der Waals surface area contributed by atoms with Gasteiger partial charge in [-0.05, 0) is 12.1 Å². The number of carbonyl (C=O) groups excluding carboxylic acids is 1. The number of nitrogens with zero attached hydrogens (tertiary/aromatic N) is 2. The first-order valence-corrected chi connectivity index (χ1v) is 4.47. The van der Waals surface area contributed by atoms with Crippen molar-refractivity contribution in [3.8, 4) is 0 Å². The van der Waals surface area contributed by atoms with Gasteiger partial charge in [-0.15, -0.1) is 0 Å². The minimum Gasteiger partial charge on any atom is -0.480 e. The lowest BCUT2D eigenvalue weighted by molar-refractivity contribution is -0.137. The minimum absolute atomic E-state index is 0.170. The third-order valence-electron chi connectivity index (χ3n) is 1.67. The van der Waals surface area contributed by atoms with Crippen LogP contribution in [0.5, 0.6) is 0 Å². The van der Waals surface area contributed by atoms with Gasteiger partial charge in [0, 0.05) is 13.2 Å². The first-order valence-electron chi connectivity index (χ1n) is 4.09. The molecule has 0 aliphatic carbocycles. The monoisotopic (exact) mass is 228 g/mol. The smallest absolute Gasteiger partial charge is 0.323 e. The zero-order valence-electron chi connectivity index (χ0n) is 7.98. The summed E-state index contributed by atoms with van der Waals surface area (Å²) in [5, 5.41) is 8.91. The Kier molecular flexibility index (Phi) is 3.62. The first kappa shape index (κ1) is 11.5. The highest BCUT2D eigenvalue weighted by Gasteiger charge is 2.14. The Labute approximate surface area is 91.3 Å². The second-order valence-electron chi connectivity index (χ2n) is 2.92. The molecule has 1 aromatic rings. The summed E-state index contributed by atoms with van der Waals surface area (Å²) in [5.74, 6) is -1.52. The zero-order valence-corrected chi connectivity index (χ0v) is 8.73. The minimum atomic E-state index is -1.07. The van der Waals surface area contributed by atoms with Crippen LogP contribution in [0.3, 0.4) is 0 Å². The van der Waals surface area contributed by atoms with Crippen LogP contribution in [0.1, 0.15) is 10.5 Å². The Morgan fingerprint density at radius 2 is 2.20 bits per heavy atom. The van der Waals surface area contributed by atoms with Gasteiger partial charge in [-0.2, -0.15) is 0 Å². The molecule has 0 aliphatic rings. The molecule has 0 saturated carbocycles. The molecular formula is C9H9ClN2O3. The van der Waals surface area contributed by atoms with Gasteiger partial charge in [0.05, 0.1) is 5.02 Å². The predicted molar refractivity (Wildman–Crippen MR) is 53.8 cm³/mol. The van der Waals surface area contributed by atoms with Gasteiger partial charge in [0.25, 0.3) is 5.91 Å². The molecule has 1 heterocycles. The van der Waals surface area contributed by atoms with Crippen molar-refractivity contribution >= 4 is 23.5 Å². The SMILES string of the molecule is CN(CC(=O)O)C(=O)c1ccc(Cl)cn1. The number of pyridine rings is 1. The molecule has 0 aromatic carbocycles. The van der Waals surface area contributed by atoms with E-state index in [0.717, 1.165) is 4.90 Å². The van der Waals surface area contributed by atoms with E-state index < -0.39 is 11.9 Å². The molecule has 1 N–H and O–H groups in total. The molecule has 1 rings (SSSR count). The number of carboxylic acid groups (broad SMARTS) is 1. The molecule has 0 bridgehead atoms. The van der Waals surface area contributed by atoms with Crippen molar-refractivity contribution in [2.24, 2.45) is 0 Å². The molecular weight excluding hydrogens is 220 g/mol. The van der Waals surface area contributed by atoms with E-state index in [9.17, 15) is 9.59 Å². The third kappa shape index (κ3) is 3.21. The van der Waals surface area contributed by atoms with Crippen LogP contribution in [0.15, 0.2) is 18.3 Å². The number of carboxylic acids is 1. The fourth-order valence-corrected chi connectivity index (χ4v) is 1.08. The van der Waals surface area contributed by atoms with Crippen molar-refractivity contribution in [1.29, 1.82) is 0 Å². The summed E-state index contributed by atoms with van der Waals surface area (Å²) >= 11 is 5.60. The summed E-state index contributed by atoms with van der Waals surface area (Å²) in [6.07, 6.45) is 1.34. The Bertz CT molecular complexity index is 377. The third-order valence-corrected chi connectivity index (χ3v) is 1.89. The largest absolute Gasteiger partial charge is 0.480 e. The summed E-state index contributed by atoms with van der Waals surface area (Å²) in [7, 11) is 1.40.